The summed E-state index contributed by atoms with van der Waals surface area (Å²) >= 11 is 0. The minimum absolute atomic E-state index is 1.25. The van der Waals surface area contributed by atoms with Crippen LogP contribution in [-0.2, 0) is 0 Å². The quantitative estimate of drug-likeness (QED) is 0.324. The van der Waals surface area contributed by atoms with E-state index in [0.29, 0.717) is 0 Å². The predicted molar refractivity (Wildman–Crippen MR) is 26.5 cm³/mol. The number of hydrogen-bond acceptors (Lipinski definition) is 1. The van der Waals surface area contributed by atoms with Crippen LogP contribution in [0.1, 0.15) is 0 Å². The molecule has 0 heterocycles. The Hall–Kier alpha value is -0.525. The Bertz CT molecular complexity index is 48.9. The lowest BCUT2D eigenvalue weighted by Gasteiger charge is -1.54. The molecule has 0 spiro atoms. The molecule has 0 fully saturated rings. The Morgan fingerprint density at radius 1 is 1.60 bits per heavy atom. The van der Waals surface area contributed by atoms with Crippen molar-refractivity contribution in [3.05, 3.63) is 12.1 Å². The van der Waals surface area contributed by atoms with Crippen molar-refractivity contribution in [2.75, 3.05) is 0 Å². The Labute approximate surface area is 32.6 Å². The zero-order valence-electron chi connectivity index (χ0n) is 3.23. The molecule has 0 rings (SSSR count). The van der Waals surface area contributed by atoms with Crippen LogP contribution < -0.4 is 0 Å². The third-order valence-corrected chi connectivity index (χ3v) is 0.289. The monoisotopic (exact) mass is 67.1 g/mol. The predicted octanol–water partition coefficient (Wildman–Crippen LogP) is -0.217. The van der Waals surface area contributed by atoms with Crippen LogP contribution in [0.4, 0.5) is 0 Å². The van der Waals surface area contributed by atoms with Gasteiger partial charge in [-0.2, -0.15) is 0 Å². The van der Waals surface area contributed by atoms with Gasteiger partial charge < -0.3 is 5.41 Å². The molecule has 26 valence electrons. The van der Waals surface area contributed by atoms with Crippen molar-refractivity contribution >= 4 is 14.1 Å². The van der Waals surface area contributed by atoms with Gasteiger partial charge in [-0.15, -0.1) is 5.98 Å². The topological polar surface area (TPSA) is 23.9 Å². The highest BCUT2D eigenvalue weighted by Gasteiger charge is 1.44. The van der Waals surface area contributed by atoms with Crippen molar-refractivity contribution in [1.82, 2.24) is 0 Å². The van der Waals surface area contributed by atoms with Gasteiger partial charge in [-0.05, 0) is 0 Å². The van der Waals surface area contributed by atoms with Gasteiger partial charge in [0, 0.05) is 6.21 Å². The molecule has 0 saturated heterocycles. The van der Waals surface area contributed by atoms with Crippen LogP contribution in [0.5, 0.6) is 0 Å². The zero-order chi connectivity index (χ0) is 4.12. The van der Waals surface area contributed by atoms with E-state index in [4.69, 9.17) is 5.41 Å². The number of allylic oxidation sites excluding steroid dienone is 1. The number of rotatable bonds is 1. The van der Waals surface area contributed by atoms with Gasteiger partial charge in [-0.25, -0.2) is 0 Å². The summed E-state index contributed by atoms with van der Waals surface area (Å²) < 4.78 is 0. The fraction of sp³-hybridized carbons (Fsp3) is 0. The maximum atomic E-state index is 6.39. The molecule has 0 aliphatic heterocycles. The van der Waals surface area contributed by atoms with Gasteiger partial charge in [0.05, 0.1) is 0 Å². The van der Waals surface area contributed by atoms with E-state index < -0.39 is 0 Å². The van der Waals surface area contributed by atoms with Crippen LogP contribution in [0.3, 0.4) is 0 Å². The van der Waals surface area contributed by atoms with Gasteiger partial charge in [-0.1, -0.05) is 6.08 Å². The maximum Gasteiger partial charge on any atom is 0.129 e. The molecule has 1 N–H and O–H groups in total. The minimum atomic E-state index is 1.25. The van der Waals surface area contributed by atoms with Crippen molar-refractivity contribution in [2.24, 2.45) is 0 Å². The third kappa shape index (κ3) is 3.47. The van der Waals surface area contributed by atoms with Gasteiger partial charge in [0.25, 0.3) is 0 Å². The average Bonchev–Trinajstić information content (AvgIpc) is 1.41. The molecule has 0 aliphatic rings. The minimum Gasteiger partial charge on any atom is -0.309 e. The summed E-state index contributed by atoms with van der Waals surface area (Å²) in [5.74, 6) is 1.81. The molecule has 0 radical (unpaired) electrons. The Morgan fingerprint density at radius 2 is 2.20 bits per heavy atom. The Kier molecular flexibility index (Phi) is 3.11. The van der Waals surface area contributed by atoms with E-state index in [9.17, 15) is 0 Å². The van der Waals surface area contributed by atoms with Crippen molar-refractivity contribution in [1.29, 1.82) is 5.41 Å². The van der Waals surface area contributed by atoms with Crippen molar-refractivity contribution in [3.63, 3.8) is 0 Å². The molecular weight excluding hydrogens is 60.9 g/mol. The van der Waals surface area contributed by atoms with Crippen LogP contribution in [0.2, 0.25) is 0 Å². The van der Waals surface area contributed by atoms with Crippen LogP contribution >= 0.6 is 0 Å². The molecule has 5 heavy (non-hydrogen) atoms. The Balaban J connectivity index is 2.92. The van der Waals surface area contributed by atoms with Crippen molar-refractivity contribution in [2.45, 2.75) is 0 Å². The molecule has 1 nitrogen and oxygen atoms in total. The highest BCUT2D eigenvalue weighted by atomic mass is 14.3. The average molecular weight is 66.9 g/mol. The fourth-order valence-electron chi connectivity index (χ4n) is 0.0962. The van der Waals surface area contributed by atoms with E-state index in [1.54, 1.807) is 6.08 Å². The van der Waals surface area contributed by atoms with Crippen LogP contribution in [-0.4, -0.2) is 14.1 Å². The highest BCUT2D eigenvalue weighted by Crippen LogP contribution is 1.49. The van der Waals surface area contributed by atoms with Gasteiger partial charge in [0.2, 0.25) is 0 Å². The lowest BCUT2D eigenvalue weighted by molar-refractivity contribution is 1.58. The van der Waals surface area contributed by atoms with Crippen LogP contribution in [0.25, 0.3) is 0 Å². The maximum absolute atomic E-state index is 6.39. The first-order chi connectivity index (χ1) is 2.41. The lowest BCUT2D eigenvalue weighted by atomic mass is 10.1. The first-order valence-corrected chi connectivity index (χ1v) is 1.53. The molecule has 0 aromatic heterocycles. The third-order valence-electron chi connectivity index (χ3n) is 0.289. The van der Waals surface area contributed by atoms with E-state index >= 15 is 0 Å². The molecule has 0 atom stereocenters. The van der Waals surface area contributed by atoms with Crippen LogP contribution in [0.15, 0.2) is 12.1 Å². The van der Waals surface area contributed by atoms with Crippen molar-refractivity contribution < 1.29 is 0 Å². The molecule has 2 heteroatoms. The molecular formula is C3H6BN. The van der Waals surface area contributed by atoms with Gasteiger partial charge in [0.15, 0.2) is 0 Å². The second kappa shape index (κ2) is 3.47. The zero-order valence-corrected chi connectivity index (χ0v) is 3.23. The molecule has 0 saturated carbocycles. The molecule has 0 amide bonds. The standard InChI is InChI=1S/C3H6BN/c4-2-1-3-5/h1-3,5H,4H2/b2-1-,5-3?. The molecule has 0 bridgehead atoms. The summed E-state index contributed by atoms with van der Waals surface area (Å²) in [6.07, 6.45) is 2.92. The first-order valence-electron chi connectivity index (χ1n) is 1.53. The van der Waals surface area contributed by atoms with E-state index in [1.807, 2.05) is 13.8 Å². The molecule has 0 aromatic rings. The summed E-state index contributed by atoms with van der Waals surface area (Å²) in [5, 5.41) is 6.39. The second-order valence-electron chi connectivity index (χ2n) is 0.692. The second-order valence-corrected chi connectivity index (χ2v) is 0.692. The largest absolute Gasteiger partial charge is 0.309 e. The van der Waals surface area contributed by atoms with Crippen molar-refractivity contribution in [3.8, 4) is 0 Å². The van der Waals surface area contributed by atoms with Crippen LogP contribution in [0, 0.1) is 5.41 Å². The summed E-state index contributed by atoms with van der Waals surface area (Å²) in [5.41, 5.74) is 0. The number of nitrogens with one attached hydrogen (secondary N) is 1. The molecule has 0 unspecified atom stereocenters. The van der Waals surface area contributed by atoms with E-state index in [2.05, 4.69) is 0 Å². The van der Waals surface area contributed by atoms with E-state index in [-0.39, 0.29) is 0 Å². The molecule has 0 aliphatic carbocycles. The number of hydrogen-bond donors (Lipinski definition) is 1. The Morgan fingerprint density at radius 3 is 2.20 bits per heavy atom. The lowest BCUT2D eigenvalue weighted by Crippen LogP contribution is -1.53. The van der Waals surface area contributed by atoms with E-state index in [1.165, 1.54) is 6.21 Å². The summed E-state index contributed by atoms with van der Waals surface area (Å²) in [6, 6.07) is 0. The van der Waals surface area contributed by atoms with Gasteiger partial charge in [-0.3, -0.25) is 0 Å². The molecule has 0 aromatic carbocycles. The summed E-state index contributed by atoms with van der Waals surface area (Å²) in [7, 11) is 1.88. The van der Waals surface area contributed by atoms with Gasteiger partial charge >= 0.3 is 0 Å². The summed E-state index contributed by atoms with van der Waals surface area (Å²) in [6.45, 7) is 0. The summed E-state index contributed by atoms with van der Waals surface area (Å²) in [4.78, 5) is 0. The van der Waals surface area contributed by atoms with Gasteiger partial charge in [0.1, 0.15) is 7.85 Å². The highest BCUT2D eigenvalue weighted by molar-refractivity contribution is 6.18. The fourth-order valence-corrected chi connectivity index (χ4v) is 0.0962. The normalized spacial score (nSPS) is 8.80. The van der Waals surface area contributed by atoms with E-state index in [0.717, 1.165) is 0 Å². The SMILES string of the molecule is B/C=C\C=N. The first kappa shape index (κ1) is 4.47. The smallest absolute Gasteiger partial charge is 0.129 e.